The number of aromatic nitrogens is 1. The molecule has 0 spiro atoms. The molecule has 142 valence electrons. The topological polar surface area (TPSA) is 78.7 Å². The van der Waals surface area contributed by atoms with Gasteiger partial charge in [-0.05, 0) is 49.9 Å². The zero-order valence-electron chi connectivity index (χ0n) is 15.3. The van der Waals surface area contributed by atoms with E-state index in [9.17, 15) is 9.59 Å². The summed E-state index contributed by atoms with van der Waals surface area (Å²) in [7, 11) is 0. The van der Waals surface area contributed by atoms with Crippen LogP contribution in [0.2, 0.25) is 0 Å². The van der Waals surface area contributed by atoms with Gasteiger partial charge in [-0.25, -0.2) is 4.98 Å². The van der Waals surface area contributed by atoms with Crippen molar-refractivity contribution in [3.8, 4) is 0 Å². The van der Waals surface area contributed by atoms with Gasteiger partial charge in [0.2, 0.25) is 5.91 Å². The SMILES string of the molecule is O=C(Nc1cccnc1N1CCCC(C(=O)N2CCCC2)C1)c1ccco1. The highest BCUT2D eigenvalue weighted by Crippen LogP contribution is 2.29. The molecule has 2 aromatic heterocycles. The van der Waals surface area contributed by atoms with Crippen LogP contribution in [-0.2, 0) is 4.79 Å². The molecule has 7 nitrogen and oxygen atoms in total. The van der Waals surface area contributed by atoms with Gasteiger partial charge in [-0.3, -0.25) is 9.59 Å². The van der Waals surface area contributed by atoms with Crippen molar-refractivity contribution in [3.63, 3.8) is 0 Å². The second-order valence-electron chi connectivity index (χ2n) is 7.12. The number of pyridine rings is 1. The summed E-state index contributed by atoms with van der Waals surface area (Å²) in [6.07, 6.45) is 7.23. The zero-order valence-corrected chi connectivity index (χ0v) is 15.3. The molecule has 2 aliphatic heterocycles. The van der Waals surface area contributed by atoms with Gasteiger partial charge >= 0.3 is 0 Å². The van der Waals surface area contributed by atoms with Crippen LogP contribution in [-0.4, -0.2) is 47.9 Å². The van der Waals surface area contributed by atoms with E-state index in [1.54, 1.807) is 24.4 Å². The number of rotatable bonds is 4. The third-order valence-corrected chi connectivity index (χ3v) is 5.27. The summed E-state index contributed by atoms with van der Waals surface area (Å²) in [6, 6.07) is 6.92. The van der Waals surface area contributed by atoms with E-state index in [4.69, 9.17) is 4.42 Å². The van der Waals surface area contributed by atoms with E-state index in [2.05, 4.69) is 15.2 Å². The number of carbonyl (C=O) groups excluding carboxylic acids is 2. The summed E-state index contributed by atoms with van der Waals surface area (Å²) >= 11 is 0. The van der Waals surface area contributed by atoms with Crippen LogP contribution in [0, 0.1) is 5.92 Å². The molecule has 0 saturated carbocycles. The van der Waals surface area contributed by atoms with E-state index in [1.165, 1.54) is 6.26 Å². The minimum atomic E-state index is -0.309. The smallest absolute Gasteiger partial charge is 0.291 e. The number of hydrogen-bond acceptors (Lipinski definition) is 5. The molecule has 1 N–H and O–H groups in total. The molecule has 1 unspecified atom stereocenters. The molecular formula is C20H24N4O3. The standard InChI is InChI=1S/C20H24N4O3/c25-19(17-8-5-13-27-17)22-16-7-3-9-21-18(16)24-12-4-6-15(14-24)20(26)23-10-1-2-11-23/h3,5,7-9,13,15H,1-2,4,6,10-12,14H2,(H,22,25). The van der Waals surface area contributed by atoms with Crippen molar-refractivity contribution < 1.29 is 14.0 Å². The predicted molar refractivity (Wildman–Crippen MR) is 102 cm³/mol. The highest BCUT2D eigenvalue weighted by molar-refractivity contribution is 6.03. The third-order valence-electron chi connectivity index (χ3n) is 5.27. The average Bonchev–Trinajstić information content (AvgIpc) is 3.42. The summed E-state index contributed by atoms with van der Waals surface area (Å²) in [5, 5.41) is 2.88. The summed E-state index contributed by atoms with van der Waals surface area (Å²) in [5.41, 5.74) is 0.633. The van der Waals surface area contributed by atoms with Gasteiger partial charge in [0, 0.05) is 32.4 Å². The lowest BCUT2D eigenvalue weighted by Gasteiger charge is -2.35. The summed E-state index contributed by atoms with van der Waals surface area (Å²) in [4.78, 5) is 33.7. The predicted octanol–water partition coefficient (Wildman–Crippen LogP) is 2.77. The van der Waals surface area contributed by atoms with Gasteiger partial charge in [0.25, 0.3) is 5.91 Å². The molecule has 7 heteroatoms. The van der Waals surface area contributed by atoms with Crippen molar-refractivity contribution in [2.24, 2.45) is 5.92 Å². The lowest BCUT2D eigenvalue weighted by Crippen LogP contribution is -2.44. The molecule has 0 bridgehead atoms. The molecule has 27 heavy (non-hydrogen) atoms. The van der Waals surface area contributed by atoms with E-state index in [0.29, 0.717) is 18.1 Å². The number of nitrogens with one attached hydrogen (secondary N) is 1. The Balaban J connectivity index is 1.49. The van der Waals surface area contributed by atoms with Crippen LogP contribution >= 0.6 is 0 Å². The van der Waals surface area contributed by atoms with E-state index < -0.39 is 0 Å². The number of likely N-dealkylation sites (tertiary alicyclic amines) is 1. The van der Waals surface area contributed by atoms with Crippen LogP contribution in [0.3, 0.4) is 0 Å². The Bertz CT molecular complexity index is 799. The minimum absolute atomic E-state index is 0.00696. The summed E-state index contributed by atoms with van der Waals surface area (Å²) in [6.45, 7) is 3.22. The van der Waals surface area contributed by atoms with Gasteiger partial charge in [-0.15, -0.1) is 0 Å². The second kappa shape index (κ2) is 7.82. The first-order chi connectivity index (χ1) is 13.2. The fraction of sp³-hybridized carbons (Fsp3) is 0.450. The van der Waals surface area contributed by atoms with Crippen molar-refractivity contribution in [3.05, 3.63) is 42.5 Å². The maximum absolute atomic E-state index is 12.8. The van der Waals surface area contributed by atoms with Gasteiger partial charge in [-0.2, -0.15) is 0 Å². The summed E-state index contributed by atoms with van der Waals surface area (Å²) < 4.78 is 5.16. The number of nitrogens with zero attached hydrogens (tertiary/aromatic N) is 3. The number of hydrogen-bond donors (Lipinski definition) is 1. The van der Waals surface area contributed by atoms with Crippen molar-refractivity contribution in [1.82, 2.24) is 9.88 Å². The Morgan fingerprint density at radius 1 is 1.11 bits per heavy atom. The normalized spacial score (nSPS) is 19.9. The molecule has 1 atom stereocenters. The van der Waals surface area contributed by atoms with E-state index in [-0.39, 0.29) is 23.5 Å². The molecule has 2 aliphatic rings. The highest BCUT2D eigenvalue weighted by Gasteiger charge is 2.31. The first-order valence-corrected chi connectivity index (χ1v) is 9.56. The van der Waals surface area contributed by atoms with Crippen LogP contribution in [0.1, 0.15) is 36.2 Å². The molecule has 4 heterocycles. The zero-order chi connectivity index (χ0) is 18.6. The van der Waals surface area contributed by atoms with Crippen LogP contribution in [0.5, 0.6) is 0 Å². The molecule has 4 rings (SSSR count). The molecule has 2 amide bonds. The van der Waals surface area contributed by atoms with Gasteiger partial charge in [0.15, 0.2) is 11.6 Å². The van der Waals surface area contributed by atoms with E-state index in [1.807, 2.05) is 11.0 Å². The Morgan fingerprint density at radius 3 is 2.74 bits per heavy atom. The first kappa shape index (κ1) is 17.6. The van der Waals surface area contributed by atoms with E-state index >= 15 is 0 Å². The van der Waals surface area contributed by atoms with Crippen LogP contribution in [0.15, 0.2) is 41.1 Å². The maximum atomic E-state index is 12.8. The molecule has 2 aromatic rings. The van der Waals surface area contributed by atoms with Gasteiger partial charge in [-0.1, -0.05) is 0 Å². The molecule has 2 fully saturated rings. The number of anilines is 2. The third kappa shape index (κ3) is 3.82. The van der Waals surface area contributed by atoms with Gasteiger partial charge < -0.3 is 19.5 Å². The first-order valence-electron chi connectivity index (χ1n) is 9.56. The molecule has 0 aromatic carbocycles. The quantitative estimate of drug-likeness (QED) is 0.898. The maximum Gasteiger partial charge on any atom is 0.291 e. The lowest BCUT2D eigenvalue weighted by molar-refractivity contribution is -0.134. The Hall–Kier alpha value is -2.83. The summed E-state index contributed by atoms with van der Waals surface area (Å²) in [5.74, 6) is 0.902. The Kier molecular flexibility index (Phi) is 5.09. The monoisotopic (exact) mass is 368 g/mol. The van der Waals surface area contributed by atoms with E-state index in [0.717, 1.165) is 45.3 Å². The largest absolute Gasteiger partial charge is 0.459 e. The number of carbonyl (C=O) groups is 2. The fourth-order valence-electron chi connectivity index (χ4n) is 3.91. The molecule has 2 saturated heterocycles. The highest BCUT2D eigenvalue weighted by atomic mass is 16.3. The van der Waals surface area contributed by atoms with Crippen molar-refractivity contribution >= 4 is 23.3 Å². The Labute approximate surface area is 158 Å². The molecule has 0 aliphatic carbocycles. The van der Waals surface area contributed by atoms with Crippen molar-refractivity contribution in [2.45, 2.75) is 25.7 Å². The Morgan fingerprint density at radius 2 is 1.96 bits per heavy atom. The number of amides is 2. The van der Waals surface area contributed by atoms with Crippen LogP contribution in [0.25, 0.3) is 0 Å². The van der Waals surface area contributed by atoms with Crippen LogP contribution < -0.4 is 10.2 Å². The van der Waals surface area contributed by atoms with Gasteiger partial charge in [0.1, 0.15) is 0 Å². The number of furan rings is 1. The minimum Gasteiger partial charge on any atom is -0.459 e. The molecular weight excluding hydrogens is 344 g/mol. The molecule has 0 radical (unpaired) electrons. The van der Waals surface area contributed by atoms with Gasteiger partial charge in [0.05, 0.1) is 17.9 Å². The lowest BCUT2D eigenvalue weighted by atomic mass is 9.96. The average molecular weight is 368 g/mol. The second-order valence-corrected chi connectivity index (χ2v) is 7.12. The number of piperidine rings is 1. The van der Waals surface area contributed by atoms with Crippen molar-refractivity contribution in [1.29, 1.82) is 0 Å². The fourth-order valence-corrected chi connectivity index (χ4v) is 3.91. The van der Waals surface area contributed by atoms with Crippen molar-refractivity contribution in [2.75, 3.05) is 36.4 Å². The van der Waals surface area contributed by atoms with Crippen LogP contribution in [0.4, 0.5) is 11.5 Å².